The zero-order valence-corrected chi connectivity index (χ0v) is 10.2. The molecule has 98 valence electrons. The van der Waals surface area contributed by atoms with Gasteiger partial charge in [-0.1, -0.05) is 6.92 Å². The van der Waals surface area contributed by atoms with E-state index in [4.69, 9.17) is 9.84 Å². The van der Waals surface area contributed by atoms with Crippen molar-refractivity contribution in [2.45, 2.75) is 51.3 Å². The van der Waals surface area contributed by atoms with Crippen molar-refractivity contribution >= 4 is 12.0 Å². The van der Waals surface area contributed by atoms with Crippen molar-refractivity contribution in [2.24, 2.45) is 0 Å². The van der Waals surface area contributed by atoms with Crippen molar-refractivity contribution in [3.8, 4) is 0 Å². The highest BCUT2D eigenvalue weighted by Crippen LogP contribution is 2.12. The minimum atomic E-state index is -1.01. The molecule has 1 fully saturated rings. The molecule has 2 amide bonds. The first-order valence-electron chi connectivity index (χ1n) is 5.94. The van der Waals surface area contributed by atoms with Crippen LogP contribution in [0.15, 0.2) is 0 Å². The molecular formula is C11H20N2O4. The highest BCUT2D eigenvalue weighted by Gasteiger charge is 2.23. The maximum atomic E-state index is 11.6. The maximum absolute atomic E-state index is 11.6. The number of ether oxygens (including phenoxy) is 1. The molecule has 0 aromatic heterocycles. The number of hydrogen-bond acceptors (Lipinski definition) is 3. The number of carboxylic acid groups (broad SMARTS) is 1. The van der Waals surface area contributed by atoms with Crippen LogP contribution in [0.3, 0.4) is 0 Å². The van der Waals surface area contributed by atoms with Gasteiger partial charge < -0.3 is 20.5 Å². The van der Waals surface area contributed by atoms with Gasteiger partial charge in [0.05, 0.1) is 6.10 Å². The normalized spacial score (nSPS) is 26.0. The van der Waals surface area contributed by atoms with Gasteiger partial charge in [-0.15, -0.1) is 0 Å². The van der Waals surface area contributed by atoms with Crippen molar-refractivity contribution in [1.82, 2.24) is 10.6 Å². The van der Waals surface area contributed by atoms with E-state index in [0.717, 1.165) is 12.8 Å². The van der Waals surface area contributed by atoms with Gasteiger partial charge in [0, 0.05) is 12.6 Å². The number of carbonyl (C=O) groups excluding carboxylic acids is 1. The lowest BCUT2D eigenvalue weighted by molar-refractivity contribution is -0.139. The molecule has 1 heterocycles. The maximum Gasteiger partial charge on any atom is 0.326 e. The van der Waals surface area contributed by atoms with Crippen molar-refractivity contribution in [3.63, 3.8) is 0 Å². The van der Waals surface area contributed by atoms with Crippen molar-refractivity contribution in [3.05, 3.63) is 0 Å². The molecule has 0 saturated carbocycles. The Kier molecular flexibility index (Phi) is 5.21. The van der Waals surface area contributed by atoms with Crippen LogP contribution in [0.4, 0.5) is 4.79 Å². The number of carbonyl (C=O) groups is 2. The summed E-state index contributed by atoms with van der Waals surface area (Å²) >= 11 is 0. The largest absolute Gasteiger partial charge is 0.480 e. The predicted octanol–water partition coefficient (Wildman–Crippen LogP) is 0.716. The summed E-state index contributed by atoms with van der Waals surface area (Å²) in [7, 11) is 0. The summed E-state index contributed by atoms with van der Waals surface area (Å²) in [6, 6.07) is -1.18. The Balaban J connectivity index is 2.35. The lowest BCUT2D eigenvalue weighted by Crippen LogP contribution is -2.50. The molecule has 6 nitrogen and oxygen atoms in total. The summed E-state index contributed by atoms with van der Waals surface area (Å²) in [6.07, 6.45) is 2.03. The van der Waals surface area contributed by atoms with Gasteiger partial charge in [-0.2, -0.15) is 0 Å². The van der Waals surface area contributed by atoms with Gasteiger partial charge in [-0.3, -0.25) is 0 Å². The number of aliphatic carboxylic acids is 1. The molecule has 3 atom stereocenters. The first kappa shape index (κ1) is 13.8. The van der Waals surface area contributed by atoms with Crippen LogP contribution in [-0.4, -0.2) is 41.9 Å². The van der Waals surface area contributed by atoms with E-state index in [0.29, 0.717) is 13.0 Å². The van der Waals surface area contributed by atoms with Crippen LogP contribution in [0.1, 0.15) is 33.1 Å². The van der Waals surface area contributed by atoms with Gasteiger partial charge in [-0.25, -0.2) is 9.59 Å². The zero-order chi connectivity index (χ0) is 12.8. The van der Waals surface area contributed by atoms with E-state index in [9.17, 15) is 9.59 Å². The Labute approximate surface area is 101 Å². The van der Waals surface area contributed by atoms with E-state index < -0.39 is 18.0 Å². The van der Waals surface area contributed by atoms with Gasteiger partial charge in [0.2, 0.25) is 0 Å². The number of hydrogen-bond donors (Lipinski definition) is 3. The molecule has 0 bridgehead atoms. The van der Waals surface area contributed by atoms with Crippen LogP contribution in [0.5, 0.6) is 0 Å². The van der Waals surface area contributed by atoms with Gasteiger partial charge in [-0.05, 0) is 26.2 Å². The topological polar surface area (TPSA) is 87.7 Å². The summed E-state index contributed by atoms with van der Waals surface area (Å²) in [5.74, 6) is -1.01. The summed E-state index contributed by atoms with van der Waals surface area (Å²) in [5.41, 5.74) is 0. The summed E-state index contributed by atoms with van der Waals surface area (Å²) < 4.78 is 5.36. The Hall–Kier alpha value is -1.30. The Morgan fingerprint density at radius 2 is 2.24 bits per heavy atom. The van der Waals surface area contributed by atoms with E-state index in [1.54, 1.807) is 6.92 Å². The van der Waals surface area contributed by atoms with Gasteiger partial charge in [0.15, 0.2) is 0 Å². The lowest BCUT2D eigenvalue weighted by atomic mass is 10.0. The van der Waals surface area contributed by atoms with Crippen LogP contribution in [0.25, 0.3) is 0 Å². The third kappa shape index (κ3) is 4.60. The average Bonchev–Trinajstić information content (AvgIpc) is 2.25. The Morgan fingerprint density at radius 3 is 2.76 bits per heavy atom. The highest BCUT2D eigenvalue weighted by atomic mass is 16.5. The third-order valence-electron chi connectivity index (χ3n) is 2.83. The van der Waals surface area contributed by atoms with Crippen LogP contribution < -0.4 is 10.6 Å². The fourth-order valence-corrected chi connectivity index (χ4v) is 1.85. The molecule has 2 unspecified atom stereocenters. The standard InChI is InChI=1S/C11H20N2O4/c1-3-9(10(14)15)13-11(16)12-8-4-5-17-7(2)6-8/h7-9H,3-6H2,1-2H3,(H,14,15)(H2,12,13,16)/t7?,8?,9-/m1/s1. The molecule has 1 rings (SSSR count). The second kappa shape index (κ2) is 6.44. The van der Waals surface area contributed by atoms with Gasteiger partial charge in [0.1, 0.15) is 6.04 Å². The molecule has 1 saturated heterocycles. The van der Waals surface area contributed by atoms with E-state index >= 15 is 0 Å². The number of urea groups is 1. The average molecular weight is 244 g/mol. The number of nitrogens with one attached hydrogen (secondary N) is 2. The fraction of sp³-hybridized carbons (Fsp3) is 0.818. The van der Waals surface area contributed by atoms with Crippen LogP contribution in [0, 0.1) is 0 Å². The molecule has 0 aromatic carbocycles. The zero-order valence-electron chi connectivity index (χ0n) is 10.2. The van der Waals surface area contributed by atoms with E-state index in [2.05, 4.69) is 10.6 Å². The number of carboxylic acids is 1. The minimum Gasteiger partial charge on any atom is -0.480 e. The van der Waals surface area contributed by atoms with Crippen LogP contribution in [0.2, 0.25) is 0 Å². The molecule has 17 heavy (non-hydrogen) atoms. The first-order chi connectivity index (χ1) is 8.02. The number of amides is 2. The summed E-state index contributed by atoms with van der Waals surface area (Å²) in [5, 5.41) is 14.0. The third-order valence-corrected chi connectivity index (χ3v) is 2.83. The molecule has 1 aliphatic heterocycles. The van der Waals surface area contributed by atoms with Crippen molar-refractivity contribution < 1.29 is 19.4 Å². The molecule has 6 heteroatoms. The first-order valence-corrected chi connectivity index (χ1v) is 5.94. The van der Waals surface area contributed by atoms with Crippen LogP contribution >= 0.6 is 0 Å². The minimum absolute atomic E-state index is 0.0602. The predicted molar refractivity (Wildman–Crippen MR) is 61.8 cm³/mol. The van der Waals surface area contributed by atoms with Crippen molar-refractivity contribution in [1.29, 1.82) is 0 Å². The smallest absolute Gasteiger partial charge is 0.326 e. The highest BCUT2D eigenvalue weighted by molar-refractivity contribution is 5.82. The van der Waals surface area contributed by atoms with Gasteiger partial charge >= 0.3 is 12.0 Å². The van der Waals surface area contributed by atoms with Gasteiger partial charge in [0.25, 0.3) is 0 Å². The Morgan fingerprint density at radius 1 is 1.53 bits per heavy atom. The van der Waals surface area contributed by atoms with Crippen LogP contribution in [-0.2, 0) is 9.53 Å². The summed E-state index contributed by atoms with van der Waals surface area (Å²) in [6.45, 7) is 4.30. The second-order valence-corrected chi connectivity index (χ2v) is 4.32. The fourth-order valence-electron chi connectivity index (χ4n) is 1.85. The monoisotopic (exact) mass is 244 g/mol. The molecule has 0 radical (unpaired) electrons. The number of rotatable bonds is 4. The molecule has 3 N–H and O–H groups in total. The summed E-state index contributed by atoms with van der Waals surface area (Å²) in [4.78, 5) is 22.3. The van der Waals surface area contributed by atoms with Crippen molar-refractivity contribution in [2.75, 3.05) is 6.61 Å². The molecular weight excluding hydrogens is 224 g/mol. The quantitative estimate of drug-likeness (QED) is 0.680. The molecule has 0 aromatic rings. The van der Waals surface area contributed by atoms with E-state index in [1.807, 2.05) is 6.92 Å². The van der Waals surface area contributed by atoms with E-state index in [-0.39, 0.29) is 12.1 Å². The molecule has 1 aliphatic rings. The Bertz CT molecular complexity index is 283. The molecule has 0 aliphatic carbocycles. The second-order valence-electron chi connectivity index (χ2n) is 4.32. The lowest BCUT2D eigenvalue weighted by Gasteiger charge is -2.28. The van der Waals surface area contributed by atoms with E-state index in [1.165, 1.54) is 0 Å². The molecule has 0 spiro atoms. The SMILES string of the molecule is CC[C@@H](NC(=O)NC1CCOC(C)C1)C(=O)O.